The first-order chi connectivity index (χ1) is 15.4. The van der Waals surface area contributed by atoms with Crippen LogP contribution >= 0.6 is 0 Å². The first-order valence-electron chi connectivity index (χ1n) is 8.95. The van der Waals surface area contributed by atoms with Gasteiger partial charge in [-0.25, -0.2) is 0 Å². The van der Waals surface area contributed by atoms with E-state index in [9.17, 15) is 29.8 Å². The number of hydrogen-bond donors (Lipinski definition) is 4. The summed E-state index contributed by atoms with van der Waals surface area (Å²) in [6.07, 6.45) is 0. The molecule has 0 aliphatic rings. The molecule has 0 radical (unpaired) electrons. The van der Waals surface area contributed by atoms with Crippen LogP contribution in [0.4, 0.5) is 11.4 Å². The van der Waals surface area contributed by atoms with Crippen LogP contribution in [0.1, 0.15) is 13.8 Å². The van der Waals surface area contributed by atoms with Gasteiger partial charge in [0.25, 0.3) is 11.8 Å². The van der Waals surface area contributed by atoms with Gasteiger partial charge in [0.2, 0.25) is 0 Å². The number of allylic oxidation sites excluding steroid dienone is 2. The Morgan fingerprint density at radius 3 is 1.21 bits per heavy atom. The Kier molecular flexibility index (Phi) is 13.9. The Morgan fingerprint density at radius 1 is 0.667 bits per heavy atom. The van der Waals surface area contributed by atoms with Crippen LogP contribution < -0.4 is 21.6 Å². The van der Waals surface area contributed by atoms with E-state index in [1.807, 2.05) is 0 Å². The number of nitroso groups, excluding NO2 is 2. The van der Waals surface area contributed by atoms with Crippen LogP contribution in [-0.4, -0.2) is 11.8 Å². The summed E-state index contributed by atoms with van der Waals surface area (Å²) in [5.74, 6) is -1.44. The number of rotatable bonds is 8. The Morgan fingerprint density at radius 2 is 0.970 bits per heavy atom. The molecule has 0 aliphatic carbocycles. The molecule has 12 nitrogen and oxygen atoms in total. The minimum Gasteiger partial charge on any atom is -0.761 e. The van der Waals surface area contributed by atoms with E-state index in [2.05, 4.69) is 21.0 Å². The van der Waals surface area contributed by atoms with Gasteiger partial charge in [0.1, 0.15) is 0 Å². The van der Waals surface area contributed by atoms with Crippen molar-refractivity contribution in [2.45, 2.75) is 13.8 Å². The number of carbonyl (C=O) groups excluding carboxylic acids is 2. The molecule has 0 unspecified atom stereocenters. The van der Waals surface area contributed by atoms with E-state index < -0.39 is 23.2 Å². The molecule has 0 fully saturated rings. The Bertz CT molecular complexity index is 917. The fourth-order valence-corrected chi connectivity index (χ4v) is 2.08. The number of hydrogen-bond acceptors (Lipinski definition) is 10. The summed E-state index contributed by atoms with van der Waals surface area (Å²) < 4.78 is 0. The molecule has 0 aliphatic heterocycles. The van der Waals surface area contributed by atoms with Gasteiger partial charge in [-0.05, 0) is 48.5 Å². The number of amides is 2. The van der Waals surface area contributed by atoms with E-state index in [0.717, 1.165) is 0 Å². The van der Waals surface area contributed by atoms with Gasteiger partial charge in [0.15, 0.2) is 11.4 Å². The van der Waals surface area contributed by atoms with Gasteiger partial charge >= 0.3 is 16.5 Å². The van der Waals surface area contributed by atoms with E-state index in [1.54, 1.807) is 60.7 Å². The van der Waals surface area contributed by atoms with Crippen molar-refractivity contribution in [3.8, 4) is 0 Å². The molecule has 0 saturated heterocycles. The minimum atomic E-state index is -0.720. The fraction of sp³-hybridized carbons (Fsp3) is 0.100. The Balaban J connectivity index is 0.000000602. The van der Waals surface area contributed by atoms with Crippen molar-refractivity contribution in [3.63, 3.8) is 0 Å². The SMILES string of the molecule is C/C(N[O-])=C(/N=O)C(=O)Nc1ccccc1.C/C(N[O-])=C(/N=O)C(=O)Nc1ccccc1.[Ni+2]. The van der Waals surface area contributed by atoms with Crippen LogP contribution in [-0.2, 0) is 26.1 Å². The van der Waals surface area contributed by atoms with Crippen molar-refractivity contribution < 1.29 is 26.1 Å². The van der Waals surface area contributed by atoms with Crippen molar-refractivity contribution in [2.75, 3.05) is 10.6 Å². The molecule has 4 N–H and O–H groups in total. The maximum absolute atomic E-state index is 11.5. The van der Waals surface area contributed by atoms with E-state index >= 15 is 0 Å². The van der Waals surface area contributed by atoms with Gasteiger partial charge in [-0.1, -0.05) is 36.4 Å². The van der Waals surface area contributed by atoms with Gasteiger partial charge in [0, 0.05) is 22.8 Å². The van der Waals surface area contributed by atoms with Gasteiger partial charge in [-0.15, -0.1) is 9.81 Å². The first-order valence-corrected chi connectivity index (χ1v) is 8.95. The summed E-state index contributed by atoms with van der Waals surface area (Å²) in [6, 6.07) is 17.1. The van der Waals surface area contributed by atoms with Crippen LogP contribution in [0.25, 0.3) is 0 Å². The summed E-state index contributed by atoms with van der Waals surface area (Å²) in [6.45, 7) is 2.60. The molecular weight excluding hydrogens is 479 g/mol. The van der Waals surface area contributed by atoms with Gasteiger partial charge in [-0.2, -0.15) is 0 Å². The van der Waals surface area contributed by atoms with Crippen LogP contribution in [0.3, 0.4) is 0 Å². The molecule has 0 bridgehead atoms. The molecule has 0 saturated carbocycles. The van der Waals surface area contributed by atoms with Gasteiger partial charge in [0.05, 0.1) is 0 Å². The zero-order chi connectivity index (χ0) is 23.9. The zero-order valence-corrected chi connectivity index (χ0v) is 18.4. The van der Waals surface area contributed by atoms with Crippen LogP contribution in [0, 0.1) is 20.2 Å². The molecule has 2 amide bonds. The van der Waals surface area contributed by atoms with E-state index in [1.165, 1.54) is 24.8 Å². The monoisotopic (exact) mass is 498 g/mol. The van der Waals surface area contributed by atoms with Crippen molar-refractivity contribution >= 4 is 23.2 Å². The van der Waals surface area contributed by atoms with Gasteiger partial charge in [-0.3, -0.25) is 9.59 Å². The predicted molar refractivity (Wildman–Crippen MR) is 120 cm³/mol. The molecule has 0 spiro atoms. The number of carbonyl (C=O) groups is 2. The topological polar surface area (TPSA) is 187 Å². The third kappa shape index (κ3) is 9.83. The number of para-hydroxylation sites is 2. The van der Waals surface area contributed by atoms with Crippen molar-refractivity contribution in [1.82, 2.24) is 11.0 Å². The molecule has 176 valence electrons. The quantitative estimate of drug-likeness (QED) is 0.184. The zero-order valence-electron chi connectivity index (χ0n) is 17.4. The smallest absolute Gasteiger partial charge is 0.761 e. The number of anilines is 2. The van der Waals surface area contributed by atoms with Gasteiger partial charge < -0.3 is 32.0 Å². The molecular formula is C20H20N6NiO6. The Labute approximate surface area is 198 Å². The van der Waals surface area contributed by atoms with Crippen LogP contribution in [0.5, 0.6) is 0 Å². The molecule has 0 aromatic heterocycles. The summed E-state index contributed by atoms with van der Waals surface area (Å²) in [4.78, 5) is 43.8. The number of hydroxylamine groups is 2. The molecule has 0 heterocycles. The standard InChI is InChI=1S/2C10H10N3O3.Ni/c2*1-7(12-15)9(13-16)10(14)11-8-5-3-2-4-6-8;/h2*2-6,12H,1H3,(H,11,14);/q2*-1;+2/b2*9-7-;. The average molecular weight is 499 g/mol. The largest absolute Gasteiger partial charge is 2.00 e. The summed E-state index contributed by atoms with van der Waals surface area (Å²) >= 11 is 0. The normalized spacial score (nSPS) is 11.0. The fourth-order valence-electron chi connectivity index (χ4n) is 2.08. The van der Waals surface area contributed by atoms with E-state index in [-0.39, 0.29) is 27.9 Å². The molecule has 33 heavy (non-hydrogen) atoms. The number of nitrogens with zero attached hydrogens (tertiary/aromatic N) is 2. The molecule has 2 rings (SSSR count). The summed E-state index contributed by atoms with van der Waals surface area (Å²) in [7, 11) is 0. The maximum Gasteiger partial charge on any atom is 2.00 e. The number of nitrogens with one attached hydrogen (secondary N) is 4. The van der Waals surface area contributed by atoms with Crippen LogP contribution in [0.15, 0.2) is 93.8 Å². The number of benzene rings is 2. The second-order valence-corrected chi connectivity index (χ2v) is 5.97. The second kappa shape index (κ2) is 15.8. The van der Waals surface area contributed by atoms with Crippen LogP contribution in [0.2, 0.25) is 0 Å². The van der Waals surface area contributed by atoms with E-state index in [0.29, 0.717) is 11.4 Å². The van der Waals surface area contributed by atoms with Crippen molar-refractivity contribution in [2.24, 2.45) is 10.4 Å². The van der Waals surface area contributed by atoms with E-state index in [4.69, 9.17) is 0 Å². The molecule has 13 heteroatoms. The average Bonchev–Trinajstić information content (AvgIpc) is 2.81. The summed E-state index contributed by atoms with van der Waals surface area (Å²) in [5, 5.41) is 30.5. The van der Waals surface area contributed by atoms with Crippen molar-refractivity contribution in [3.05, 3.63) is 104 Å². The maximum atomic E-state index is 11.5. The minimum absolute atomic E-state index is 0. The predicted octanol–water partition coefficient (Wildman–Crippen LogP) is 3.42. The molecule has 2 aromatic carbocycles. The Hall–Kier alpha value is -3.93. The second-order valence-electron chi connectivity index (χ2n) is 5.97. The first kappa shape index (κ1) is 29.1. The summed E-state index contributed by atoms with van der Waals surface area (Å²) in [5.41, 5.74) is 2.79. The molecule has 2 aromatic rings. The third-order valence-electron chi connectivity index (χ3n) is 3.69. The van der Waals surface area contributed by atoms with Crippen molar-refractivity contribution in [1.29, 1.82) is 0 Å². The third-order valence-corrected chi connectivity index (χ3v) is 3.69. The molecule has 0 atom stereocenters.